The van der Waals surface area contributed by atoms with Crippen molar-refractivity contribution in [3.8, 4) is 11.5 Å². The van der Waals surface area contributed by atoms with Crippen LogP contribution in [0.5, 0.6) is 11.5 Å². The highest BCUT2D eigenvalue weighted by atomic mass is 16.6. The molecule has 20 heavy (non-hydrogen) atoms. The molecule has 2 rings (SSSR count). The summed E-state index contributed by atoms with van der Waals surface area (Å²) in [6.45, 7) is 0.578. The molecule has 0 aromatic heterocycles. The normalized spacial score (nSPS) is 14.4. The molecule has 7 nitrogen and oxygen atoms in total. The van der Waals surface area contributed by atoms with Crippen molar-refractivity contribution in [1.82, 2.24) is 0 Å². The van der Waals surface area contributed by atoms with Crippen LogP contribution < -0.4 is 9.47 Å². The maximum absolute atomic E-state index is 11.4. The topological polar surface area (TPSA) is 87.9 Å². The van der Waals surface area contributed by atoms with Gasteiger partial charge in [0.2, 0.25) is 6.54 Å². The molecular weight excluding hydrogens is 266 g/mol. The summed E-state index contributed by atoms with van der Waals surface area (Å²) in [6, 6.07) is 5.10. The van der Waals surface area contributed by atoms with Gasteiger partial charge < -0.3 is 14.2 Å². The Morgan fingerprint density at radius 1 is 1.40 bits per heavy atom. The number of carbonyl (C=O) groups is 1. The van der Waals surface area contributed by atoms with Crippen molar-refractivity contribution < 1.29 is 23.9 Å². The minimum Gasteiger partial charge on any atom is -0.486 e. The maximum Gasteiger partial charge on any atom is 0.306 e. The van der Waals surface area contributed by atoms with Crippen LogP contribution in [0.2, 0.25) is 0 Å². The average Bonchev–Trinajstić information content (AvgIpc) is 2.45. The van der Waals surface area contributed by atoms with E-state index in [1.165, 1.54) is 7.11 Å². The third-order valence-corrected chi connectivity index (χ3v) is 3.05. The van der Waals surface area contributed by atoms with Crippen LogP contribution in [0.25, 0.3) is 0 Å². The van der Waals surface area contributed by atoms with Gasteiger partial charge >= 0.3 is 5.97 Å². The van der Waals surface area contributed by atoms with E-state index in [9.17, 15) is 14.9 Å². The summed E-state index contributed by atoms with van der Waals surface area (Å²) in [7, 11) is 1.26. The molecule has 1 atom stereocenters. The van der Waals surface area contributed by atoms with E-state index < -0.39 is 16.8 Å². The molecule has 0 amide bonds. The van der Waals surface area contributed by atoms with E-state index in [1.54, 1.807) is 18.2 Å². The van der Waals surface area contributed by atoms with Gasteiger partial charge in [-0.1, -0.05) is 6.07 Å². The number of hydrogen-bond acceptors (Lipinski definition) is 6. The Kier molecular flexibility index (Phi) is 4.39. The summed E-state index contributed by atoms with van der Waals surface area (Å²) in [5, 5.41) is 10.7. The standard InChI is InChI=1S/C13H15NO6/c1-18-13(15)7-10(8-14(16)17)9-2-3-11-12(6-9)20-5-4-19-11/h2-3,6,10H,4-5,7-8H2,1H3. The van der Waals surface area contributed by atoms with E-state index in [0.717, 1.165) is 0 Å². The molecule has 0 radical (unpaired) electrons. The van der Waals surface area contributed by atoms with Gasteiger partial charge in [0, 0.05) is 4.92 Å². The Morgan fingerprint density at radius 3 is 2.75 bits per heavy atom. The molecule has 1 heterocycles. The van der Waals surface area contributed by atoms with Crippen LogP contribution in [-0.2, 0) is 9.53 Å². The van der Waals surface area contributed by atoms with Crippen molar-refractivity contribution in [2.24, 2.45) is 0 Å². The molecule has 0 saturated carbocycles. The van der Waals surface area contributed by atoms with Crippen LogP contribution in [0, 0.1) is 10.1 Å². The Labute approximate surface area is 115 Å². The van der Waals surface area contributed by atoms with E-state index in [1.807, 2.05) is 0 Å². The Morgan fingerprint density at radius 2 is 2.10 bits per heavy atom. The quantitative estimate of drug-likeness (QED) is 0.460. The van der Waals surface area contributed by atoms with Crippen LogP contribution in [0.3, 0.4) is 0 Å². The van der Waals surface area contributed by atoms with Gasteiger partial charge in [-0.15, -0.1) is 0 Å². The molecule has 108 valence electrons. The summed E-state index contributed by atoms with van der Waals surface area (Å²) in [5.41, 5.74) is 0.663. The van der Waals surface area contributed by atoms with Gasteiger partial charge in [-0.3, -0.25) is 14.9 Å². The fraction of sp³-hybridized carbons (Fsp3) is 0.462. The number of nitro groups is 1. The lowest BCUT2D eigenvalue weighted by atomic mass is 9.95. The van der Waals surface area contributed by atoms with Crippen molar-refractivity contribution >= 4 is 5.97 Å². The lowest BCUT2D eigenvalue weighted by Gasteiger charge is -2.20. The molecule has 1 aliphatic rings. The van der Waals surface area contributed by atoms with Gasteiger partial charge in [0.1, 0.15) is 13.2 Å². The zero-order valence-corrected chi connectivity index (χ0v) is 11.0. The summed E-state index contributed by atoms with van der Waals surface area (Å²) in [4.78, 5) is 21.7. The second kappa shape index (κ2) is 6.23. The third kappa shape index (κ3) is 3.37. The second-order valence-corrected chi connectivity index (χ2v) is 4.40. The molecule has 0 saturated heterocycles. The Hall–Kier alpha value is -2.31. The van der Waals surface area contributed by atoms with Crippen molar-refractivity contribution in [2.45, 2.75) is 12.3 Å². The number of carbonyl (C=O) groups excluding carboxylic acids is 1. The van der Waals surface area contributed by atoms with E-state index in [2.05, 4.69) is 4.74 Å². The zero-order valence-electron chi connectivity index (χ0n) is 11.0. The van der Waals surface area contributed by atoms with Gasteiger partial charge in [-0.2, -0.15) is 0 Å². The predicted octanol–water partition coefficient (Wildman–Crippen LogP) is 1.38. The minimum atomic E-state index is -0.548. The summed E-state index contributed by atoms with van der Waals surface area (Å²) >= 11 is 0. The van der Waals surface area contributed by atoms with Crippen LogP contribution in [-0.4, -0.2) is 37.8 Å². The first-order valence-electron chi connectivity index (χ1n) is 6.18. The highest BCUT2D eigenvalue weighted by molar-refractivity contribution is 5.70. The van der Waals surface area contributed by atoms with Gasteiger partial charge in [0.25, 0.3) is 0 Å². The van der Waals surface area contributed by atoms with Gasteiger partial charge in [-0.05, 0) is 17.7 Å². The molecule has 1 unspecified atom stereocenters. The molecule has 0 spiro atoms. The molecule has 1 aromatic carbocycles. The Balaban J connectivity index is 2.23. The van der Waals surface area contributed by atoms with E-state index >= 15 is 0 Å². The van der Waals surface area contributed by atoms with Crippen molar-refractivity contribution in [3.63, 3.8) is 0 Å². The smallest absolute Gasteiger partial charge is 0.306 e. The molecule has 0 N–H and O–H groups in total. The first-order chi connectivity index (χ1) is 9.60. The van der Waals surface area contributed by atoms with Crippen molar-refractivity contribution in [1.29, 1.82) is 0 Å². The predicted molar refractivity (Wildman–Crippen MR) is 68.7 cm³/mol. The number of ether oxygens (including phenoxy) is 3. The highest BCUT2D eigenvalue weighted by Crippen LogP contribution is 2.34. The van der Waals surface area contributed by atoms with Crippen LogP contribution in [0.4, 0.5) is 0 Å². The van der Waals surface area contributed by atoms with E-state index in [-0.39, 0.29) is 13.0 Å². The largest absolute Gasteiger partial charge is 0.486 e. The number of esters is 1. The van der Waals surface area contributed by atoms with E-state index in [4.69, 9.17) is 9.47 Å². The number of benzene rings is 1. The molecule has 0 fully saturated rings. The molecular formula is C13H15NO6. The van der Waals surface area contributed by atoms with Gasteiger partial charge in [0.05, 0.1) is 19.4 Å². The molecule has 1 aromatic rings. The highest BCUT2D eigenvalue weighted by Gasteiger charge is 2.24. The SMILES string of the molecule is COC(=O)CC(C[N+](=O)[O-])c1ccc2c(c1)OCCO2. The number of hydrogen-bond donors (Lipinski definition) is 0. The fourth-order valence-electron chi connectivity index (χ4n) is 2.07. The van der Waals surface area contributed by atoms with Crippen LogP contribution in [0.15, 0.2) is 18.2 Å². The lowest BCUT2D eigenvalue weighted by molar-refractivity contribution is -0.483. The molecule has 0 bridgehead atoms. The first-order valence-corrected chi connectivity index (χ1v) is 6.18. The number of methoxy groups -OCH3 is 1. The number of nitrogens with zero attached hydrogens (tertiary/aromatic N) is 1. The molecule has 1 aliphatic heterocycles. The fourth-order valence-corrected chi connectivity index (χ4v) is 2.07. The summed E-state index contributed by atoms with van der Waals surface area (Å²) < 4.78 is 15.4. The van der Waals surface area contributed by atoms with Crippen molar-refractivity contribution in [3.05, 3.63) is 33.9 Å². The maximum atomic E-state index is 11.4. The zero-order chi connectivity index (χ0) is 14.5. The summed E-state index contributed by atoms with van der Waals surface area (Å²) in [5.74, 6) is 0.130. The second-order valence-electron chi connectivity index (χ2n) is 4.40. The monoisotopic (exact) mass is 281 g/mol. The first kappa shape index (κ1) is 14.1. The van der Waals surface area contributed by atoms with Crippen molar-refractivity contribution in [2.75, 3.05) is 26.9 Å². The number of rotatable bonds is 5. The molecule has 7 heteroatoms. The minimum absolute atomic E-state index is 0.0445. The average molecular weight is 281 g/mol. The summed E-state index contributed by atoms with van der Waals surface area (Å²) in [6.07, 6.45) is -0.0445. The van der Waals surface area contributed by atoms with Gasteiger partial charge in [0.15, 0.2) is 11.5 Å². The third-order valence-electron chi connectivity index (χ3n) is 3.05. The van der Waals surface area contributed by atoms with Crippen LogP contribution in [0.1, 0.15) is 17.9 Å². The molecule has 0 aliphatic carbocycles. The van der Waals surface area contributed by atoms with Gasteiger partial charge in [-0.25, -0.2) is 0 Å². The van der Waals surface area contributed by atoms with E-state index in [0.29, 0.717) is 30.3 Å². The lowest BCUT2D eigenvalue weighted by Crippen LogP contribution is -2.19. The van der Waals surface area contributed by atoms with Crippen LogP contribution >= 0.6 is 0 Å². The number of fused-ring (bicyclic) bond motifs is 1. The Bertz CT molecular complexity index is 516.